The fraction of sp³-hybridized carbons (Fsp3) is 0.125. The summed E-state index contributed by atoms with van der Waals surface area (Å²) in [7, 11) is -3.86. The zero-order valence-electron chi connectivity index (χ0n) is 7.35. The van der Waals surface area contributed by atoms with Crippen LogP contribution in [0.1, 0.15) is 10.4 Å². The standard InChI is InChI=1S/C8H7F2NO3S/c9-8(10)7(12)5-1-3-6(4-2-5)15(11,13)14/h1-4,8H,(H2,11,13,14). The molecule has 15 heavy (non-hydrogen) atoms. The Balaban J connectivity index is 3.06. The number of nitrogens with two attached hydrogens (primary N) is 1. The van der Waals surface area contributed by atoms with Crippen molar-refractivity contribution in [3.63, 3.8) is 0 Å². The molecule has 0 unspecified atom stereocenters. The molecule has 0 aliphatic carbocycles. The number of ketones is 1. The molecule has 1 rings (SSSR count). The highest BCUT2D eigenvalue weighted by Gasteiger charge is 2.18. The molecule has 0 amide bonds. The molecule has 1 aromatic carbocycles. The van der Waals surface area contributed by atoms with E-state index in [1.807, 2.05) is 0 Å². The first-order valence-electron chi connectivity index (χ1n) is 3.77. The second-order valence-electron chi connectivity index (χ2n) is 2.73. The Kier molecular flexibility index (Phi) is 3.15. The lowest BCUT2D eigenvalue weighted by atomic mass is 10.1. The average Bonchev–Trinajstić information content (AvgIpc) is 2.15. The van der Waals surface area contributed by atoms with E-state index in [2.05, 4.69) is 0 Å². The van der Waals surface area contributed by atoms with Gasteiger partial charge >= 0.3 is 6.43 Å². The number of sulfonamides is 1. The third-order valence-electron chi connectivity index (χ3n) is 1.67. The van der Waals surface area contributed by atoms with Crippen molar-refractivity contribution in [3.05, 3.63) is 29.8 Å². The smallest absolute Gasteiger partial charge is 0.288 e. The summed E-state index contributed by atoms with van der Waals surface area (Å²) in [6, 6.07) is 4.00. The molecule has 1 aromatic rings. The minimum atomic E-state index is -3.86. The molecule has 0 radical (unpaired) electrons. The summed E-state index contributed by atoms with van der Waals surface area (Å²) >= 11 is 0. The topological polar surface area (TPSA) is 77.2 Å². The summed E-state index contributed by atoms with van der Waals surface area (Å²) in [5.41, 5.74) is -0.252. The van der Waals surface area contributed by atoms with Gasteiger partial charge in [-0.1, -0.05) is 0 Å². The van der Waals surface area contributed by atoms with Gasteiger partial charge in [-0.05, 0) is 24.3 Å². The van der Waals surface area contributed by atoms with Crippen LogP contribution in [-0.2, 0) is 10.0 Å². The van der Waals surface area contributed by atoms with Gasteiger partial charge in [0, 0.05) is 5.56 Å². The van der Waals surface area contributed by atoms with Crippen molar-refractivity contribution in [1.29, 1.82) is 0 Å². The van der Waals surface area contributed by atoms with Gasteiger partial charge in [0.05, 0.1) is 4.90 Å². The molecular weight excluding hydrogens is 228 g/mol. The lowest BCUT2D eigenvalue weighted by Crippen LogP contribution is -2.13. The second kappa shape index (κ2) is 4.03. The van der Waals surface area contributed by atoms with Crippen molar-refractivity contribution >= 4 is 15.8 Å². The van der Waals surface area contributed by atoms with Gasteiger partial charge in [0.2, 0.25) is 15.8 Å². The average molecular weight is 235 g/mol. The van der Waals surface area contributed by atoms with Crippen LogP contribution in [0.3, 0.4) is 0 Å². The second-order valence-corrected chi connectivity index (χ2v) is 4.30. The van der Waals surface area contributed by atoms with E-state index in [0.717, 1.165) is 24.3 Å². The first-order valence-corrected chi connectivity index (χ1v) is 5.32. The molecule has 82 valence electrons. The highest BCUT2D eigenvalue weighted by Crippen LogP contribution is 2.12. The molecule has 0 atom stereocenters. The van der Waals surface area contributed by atoms with Crippen LogP contribution in [0, 0.1) is 0 Å². The summed E-state index contributed by atoms with van der Waals surface area (Å²) < 4.78 is 45.5. The van der Waals surface area contributed by atoms with Crippen molar-refractivity contribution < 1.29 is 22.0 Å². The van der Waals surface area contributed by atoms with Gasteiger partial charge < -0.3 is 0 Å². The predicted octanol–water partition coefficient (Wildman–Crippen LogP) is 0.782. The van der Waals surface area contributed by atoms with E-state index in [-0.39, 0.29) is 10.5 Å². The summed E-state index contributed by atoms with van der Waals surface area (Å²) in [5.74, 6) is -1.35. The summed E-state index contributed by atoms with van der Waals surface area (Å²) in [4.78, 5) is 10.5. The van der Waals surface area contributed by atoms with Crippen molar-refractivity contribution in [3.8, 4) is 0 Å². The Morgan fingerprint density at radius 3 is 2.00 bits per heavy atom. The number of Topliss-reactive ketones (excluding diaryl/α,β-unsaturated/α-hetero) is 1. The van der Waals surface area contributed by atoms with Crippen molar-refractivity contribution in [2.45, 2.75) is 11.3 Å². The zero-order chi connectivity index (χ0) is 11.6. The van der Waals surface area contributed by atoms with Crippen LogP contribution in [0.15, 0.2) is 29.2 Å². The van der Waals surface area contributed by atoms with E-state index in [1.165, 1.54) is 0 Å². The lowest BCUT2D eigenvalue weighted by molar-refractivity contribution is 0.0678. The van der Waals surface area contributed by atoms with E-state index in [0.29, 0.717) is 0 Å². The maximum Gasteiger partial charge on any atom is 0.300 e. The molecule has 7 heteroatoms. The fourth-order valence-electron chi connectivity index (χ4n) is 0.935. The number of hydrogen-bond donors (Lipinski definition) is 1. The summed E-state index contributed by atoms with van der Waals surface area (Å²) in [6.07, 6.45) is -3.11. The lowest BCUT2D eigenvalue weighted by Gasteiger charge is -2.01. The molecule has 4 nitrogen and oxygen atoms in total. The Hall–Kier alpha value is -1.34. The predicted molar refractivity (Wildman–Crippen MR) is 48.1 cm³/mol. The van der Waals surface area contributed by atoms with Gasteiger partial charge in [0.25, 0.3) is 0 Å². The summed E-state index contributed by atoms with van der Waals surface area (Å²) in [6.45, 7) is 0. The van der Waals surface area contributed by atoms with Crippen molar-refractivity contribution in [2.24, 2.45) is 5.14 Å². The quantitative estimate of drug-likeness (QED) is 0.786. The SMILES string of the molecule is NS(=O)(=O)c1ccc(C(=O)C(F)F)cc1. The van der Waals surface area contributed by atoms with Gasteiger partial charge in [-0.15, -0.1) is 0 Å². The van der Waals surface area contributed by atoms with Gasteiger partial charge in [-0.3, -0.25) is 4.79 Å². The molecule has 0 aliphatic heterocycles. The van der Waals surface area contributed by atoms with Gasteiger partial charge in [-0.2, -0.15) is 0 Å². The molecule has 0 fully saturated rings. The number of carbonyl (C=O) groups excluding carboxylic acids is 1. The molecule has 0 saturated heterocycles. The van der Waals surface area contributed by atoms with Crippen molar-refractivity contribution in [2.75, 3.05) is 0 Å². The molecule has 0 saturated carbocycles. The van der Waals surface area contributed by atoms with Crippen LogP contribution in [-0.4, -0.2) is 20.6 Å². The largest absolute Gasteiger partial charge is 0.300 e. The molecule has 2 N–H and O–H groups in total. The van der Waals surface area contributed by atoms with E-state index >= 15 is 0 Å². The number of carbonyl (C=O) groups is 1. The van der Waals surface area contributed by atoms with Crippen molar-refractivity contribution in [1.82, 2.24) is 0 Å². The highest BCUT2D eigenvalue weighted by molar-refractivity contribution is 7.89. The van der Waals surface area contributed by atoms with E-state index in [1.54, 1.807) is 0 Å². The molecule has 0 heterocycles. The van der Waals surface area contributed by atoms with Crippen LogP contribution in [0.5, 0.6) is 0 Å². The number of primary sulfonamides is 1. The molecule has 0 aromatic heterocycles. The van der Waals surface area contributed by atoms with E-state index in [4.69, 9.17) is 5.14 Å². The molecular formula is C8H7F2NO3S. The van der Waals surface area contributed by atoms with Crippen LogP contribution in [0.25, 0.3) is 0 Å². The van der Waals surface area contributed by atoms with Crippen LogP contribution >= 0.6 is 0 Å². The van der Waals surface area contributed by atoms with Gasteiger partial charge in [0.1, 0.15) is 0 Å². The number of hydrogen-bond acceptors (Lipinski definition) is 3. The van der Waals surface area contributed by atoms with E-state index in [9.17, 15) is 22.0 Å². The van der Waals surface area contributed by atoms with Crippen LogP contribution < -0.4 is 5.14 Å². The third kappa shape index (κ3) is 2.80. The maximum atomic E-state index is 12.0. The van der Waals surface area contributed by atoms with Gasteiger partial charge in [-0.25, -0.2) is 22.3 Å². The normalized spacial score (nSPS) is 11.7. The number of rotatable bonds is 3. The molecule has 0 spiro atoms. The fourth-order valence-corrected chi connectivity index (χ4v) is 1.45. The first kappa shape index (κ1) is 11.7. The highest BCUT2D eigenvalue weighted by atomic mass is 32.2. The Bertz CT molecular complexity index is 467. The Morgan fingerprint density at radius 1 is 1.20 bits per heavy atom. The summed E-state index contributed by atoms with van der Waals surface area (Å²) in [5, 5.41) is 4.78. The maximum absolute atomic E-state index is 12.0. The van der Waals surface area contributed by atoms with Crippen LogP contribution in [0.2, 0.25) is 0 Å². The van der Waals surface area contributed by atoms with Gasteiger partial charge in [0.15, 0.2) is 0 Å². The van der Waals surface area contributed by atoms with E-state index < -0.39 is 22.2 Å². The zero-order valence-corrected chi connectivity index (χ0v) is 8.17. The Labute approximate surface area is 84.8 Å². The molecule has 0 bridgehead atoms. The number of halogens is 2. The number of benzene rings is 1. The Morgan fingerprint density at radius 2 is 1.67 bits per heavy atom. The van der Waals surface area contributed by atoms with Crippen LogP contribution in [0.4, 0.5) is 8.78 Å². The third-order valence-corrected chi connectivity index (χ3v) is 2.59. The number of alkyl halides is 2. The first-order chi connectivity index (χ1) is 6.82. The monoisotopic (exact) mass is 235 g/mol. The molecule has 0 aliphatic rings. The minimum Gasteiger partial charge on any atom is -0.288 e. The minimum absolute atomic E-state index is 0.228.